The van der Waals surface area contributed by atoms with Crippen molar-refractivity contribution in [3.63, 3.8) is 0 Å². The van der Waals surface area contributed by atoms with Crippen LogP contribution in [-0.2, 0) is 14.3 Å². The summed E-state index contributed by atoms with van der Waals surface area (Å²) in [6.07, 6.45) is 2.72. The highest BCUT2D eigenvalue weighted by molar-refractivity contribution is 6.30. The van der Waals surface area contributed by atoms with Crippen molar-refractivity contribution in [3.05, 3.63) is 29.3 Å². The van der Waals surface area contributed by atoms with E-state index in [0.717, 1.165) is 6.54 Å². The van der Waals surface area contributed by atoms with Gasteiger partial charge in [-0.3, -0.25) is 4.79 Å². The lowest BCUT2D eigenvalue weighted by molar-refractivity contribution is -0.149. The first-order valence-electron chi connectivity index (χ1n) is 11.0. The molecule has 9 heteroatoms. The molecule has 3 aliphatic rings. The molecule has 1 aromatic carbocycles. The number of nitrogens with zero attached hydrogens (tertiary/aromatic N) is 1. The first-order chi connectivity index (χ1) is 15.0. The van der Waals surface area contributed by atoms with Gasteiger partial charge in [-0.2, -0.15) is 0 Å². The monoisotopic (exact) mass is 451 g/mol. The molecule has 2 saturated heterocycles. The molecule has 8 nitrogen and oxygen atoms in total. The summed E-state index contributed by atoms with van der Waals surface area (Å²) in [6, 6.07) is 6.33. The Morgan fingerprint density at radius 1 is 1.13 bits per heavy atom. The van der Waals surface area contributed by atoms with E-state index in [1.54, 1.807) is 29.2 Å². The number of amides is 3. The maximum absolute atomic E-state index is 13.0. The number of carbonyl (C=O) groups excluding carboxylic acids is 2. The topological polar surface area (TPSA) is 100 Å². The molecule has 1 aliphatic carbocycles. The summed E-state index contributed by atoms with van der Waals surface area (Å²) in [5, 5.41) is 16.7. The molecule has 0 spiro atoms. The second-order valence-electron chi connectivity index (χ2n) is 8.67. The van der Waals surface area contributed by atoms with Crippen molar-refractivity contribution in [2.24, 2.45) is 5.92 Å². The van der Waals surface area contributed by atoms with Gasteiger partial charge in [-0.05, 0) is 55.9 Å². The predicted molar refractivity (Wildman–Crippen MR) is 116 cm³/mol. The van der Waals surface area contributed by atoms with Crippen molar-refractivity contribution in [2.45, 2.75) is 56.5 Å². The number of aliphatic hydroxyl groups excluding tert-OH is 1. The highest BCUT2D eigenvalue weighted by atomic mass is 35.5. The molecule has 3 amide bonds. The van der Waals surface area contributed by atoms with E-state index in [4.69, 9.17) is 21.1 Å². The van der Waals surface area contributed by atoms with Gasteiger partial charge in [-0.1, -0.05) is 11.6 Å². The molecule has 0 radical (unpaired) electrons. The minimum Gasteiger partial charge on any atom is -0.389 e. The Hall–Kier alpha value is -1.87. The number of fused-ring (bicyclic) bond motifs is 1. The van der Waals surface area contributed by atoms with E-state index in [9.17, 15) is 14.7 Å². The SMILES string of the molecule is O=C(C[C@@H]1CC[C@H]2[C@@H](COC[C@H](O)CN2C(=O)Nc2ccc(Cl)cc2)O1)NCC1CC1. The molecule has 3 N–H and O–H groups in total. The van der Waals surface area contributed by atoms with Crippen molar-refractivity contribution in [2.75, 3.05) is 31.6 Å². The fraction of sp³-hybridized carbons (Fsp3) is 0.636. The number of rotatable bonds is 5. The van der Waals surface area contributed by atoms with Gasteiger partial charge >= 0.3 is 6.03 Å². The van der Waals surface area contributed by atoms with Gasteiger partial charge in [0.05, 0.1) is 44.4 Å². The van der Waals surface area contributed by atoms with Gasteiger partial charge in [0, 0.05) is 17.3 Å². The Morgan fingerprint density at radius 2 is 1.90 bits per heavy atom. The molecule has 4 atom stereocenters. The number of carbonyl (C=O) groups is 2. The van der Waals surface area contributed by atoms with Crippen LogP contribution in [-0.4, -0.2) is 72.6 Å². The average molecular weight is 452 g/mol. The first kappa shape index (κ1) is 22.3. The zero-order valence-corrected chi connectivity index (χ0v) is 18.2. The number of aliphatic hydroxyl groups is 1. The summed E-state index contributed by atoms with van der Waals surface area (Å²) in [5.74, 6) is 0.647. The predicted octanol–water partition coefficient (Wildman–Crippen LogP) is 2.40. The summed E-state index contributed by atoms with van der Waals surface area (Å²) in [4.78, 5) is 26.9. The number of halogens is 1. The summed E-state index contributed by atoms with van der Waals surface area (Å²) in [7, 11) is 0. The van der Waals surface area contributed by atoms with Gasteiger partial charge in [-0.15, -0.1) is 0 Å². The Balaban J connectivity index is 1.38. The molecule has 3 fully saturated rings. The van der Waals surface area contributed by atoms with Crippen LogP contribution in [0.3, 0.4) is 0 Å². The molecular weight excluding hydrogens is 422 g/mol. The van der Waals surface area contributed by atoms with Crippen LogP contribution in [0.5, 0.6) is 0 Å². The van der Waals surface area contributed by atoms with Crippen LogP contribution in [0.1, 0.15) is 32.1 Å². The average Bonchev–Trinajstić information content (AvgIpc) is 3.56. The molecule has 1 saturated carbocycles. The molecule has 31 heavy (non-hydrogen) atoms. The zero-order valence-electron chi connectivity index (χ0n) is 17.5. The van der Waals surface area contributed by atoms with Crippen LogP contribution in [0, 0.1) is 5.92 Å². The van der Waals surface area contributed by atoms with E-state index in [2.05, 4.69) is 10.6 Å². The summed E-state index contributed by atoms with van der Waals surface area (Å²) in [5.41, 5.74) is 0.626. The summed E-state index contributed by atoms with van der Waals surface area (Å²) < 4.78 is 11.8. The fourth-order valence-corrected chi connectivity index (χ4v) is 4.29. The Bertz CT molecular complexity index is 773. The maximum Gasteiger partial charge on any atom is 0.322 e. The smallest absolute Gasteiger partial charge is 0.322 e. The summed E-state index contributed by atoms with van der Waals surface area (Å²) >= 11 is 5.92. The summed E-state index contributed by atoms with van der Waals surface area (Å²) in [6.45, 7) is 1.30. The number of benzene rings is 1. The molecule has 2 aliphatic heterocycles. The third-order valence-electron chi connectivity index (χ3n) is 6.04. The molecule has 0 bridgehead atoms. The molecule has 2 heterocycles. The van der Waals surface area contributed by atoms with E-state index in [1.807, 2.05) is 0 Å². The van der Waals surface area contributed by atoms with E-state index in [0.29, 0.717) is 35.9 Å². The van der Waals surface area contributed by atoms with Crippen molar-refractivity contribution in [1.29, 1.82) is 0 Å². The van der Waals surface area contributed by atoms with Crippen molar-refractivity contribution >= 4 is 29.2 Å². The van der Waals surface area contributed by atoms with E-state index in [-0.39, 0.29) is 49.9 Å². The second-order valence-corrected chi connectivity index (χ2v) is 9.11. The van der Waals surface area contributed by atoms with Crippen molar-refractivity contribution < 1.29 is 24.2 Å². The Labute approximate surface area is 187 Å². The van der Waals surface area contributed by atoms with Crippen LogP contribution in [0.25, 0.3) is 0 Å². The van der Waals surface area contributed by atoms with Gasteiger partial charge in [0.25, 0.3) is 0 Å². The largest absolute Gasteiger partial charge is 0.389 e. The third kappa shape index (κ3) is 6.32. The molecule has 4 rings (SSSR count). The number of urea groups is 1. The molecule has 0 unspecified atom stereocenters. The first-order valence-corrected chi connectivity index (χ1v) is 11.4. The van der Waals surface area contributed by atoms with Gasteiger partial charge in [0.2, 0.25) is 5.91 Å². The lowest BCUT2D eigenvalue weighted by Gasteiger charge is -2.44. The zero-order chi connectivity index (χ0) is 21.8. The minimum atomic E-state index is -0.775. The quantitative estimate of drug-likeness (QED) is 0.638. The molecule has 170 valence electrons. The van der Waals surface area contributed by atoms with E-state index < -0.39 is 6.10 Å². The normalized spacial score (nSPS) is 28.8. The Morgan fingerprint density at radius 3 is 2.65 bits per heavy atom. The lowest BCUT2D eigenvalue weighted by atomic mass is 9.95. The number of nitrogens with one attached hydrogen (secondary N) is 2. The van der Waals surface area contributed by atoms with Crippen LogP contribution in [0.15, 0.2) is 24.3 Å². The standard InChI is InChI=1S/C22H30ClN3O5/c23-15-3-5-16(6-4-15)25-22(29)26-11-17(27)12-30-13-20-19(26)8-7-18(31-20)9-21(28)24-10-14-1-2-14/h3-6,14,17-20,27H,1-2,7-13H2,(H,24,28)(H,25,29)/t17-,18+,19+,20-/m1/s1. The van der Waals surface area contributed by atoms with Crippen molar-refractivity contribution in [1.82, 2.24) is 10.2 Å². The number of hydrogen-bond acceptors (Lipinski definition) is 5. The van der Waals surface area contributed by atoms with E-state index in [1.165, 1.54) is 12.8 Å². The number of anilines is 1. The molecular formula is C22H30ClN3O5. The highest BCUT2D eigenvalue weighted by Crippen LogP contribution is 2.29. The third-order valence-corrected chi connectivity index (χ3v) is 6.29. The maximum atomic E-state index is 13.0. The number of ether oxygens (including phenoxy) is 2. The number of hydrogen-bond donors (Lipinski definition) is 3. The molecule has 1 aromatic rings. The van der Waals surface area contributed by atoms with Crippen LogP contribution in [0.2, 0.25) is 5.02 Å². The fourth-order valence-electron chi connectivity index (χ4n) is 4.16. The lowest BCUT2D eigenvalue weighted by Crippen LogP contribution is -2.58. The van der Waals surface area contributed by atoms with Gasteiger partial charge < -0.3 is 30.1 Å². The Kier molecular flexibility index (Phi) is 7.32. The van der Waals surface area contributed by atoms with Crippen LogP contribution >= 0.6 is 11.6 Å². The van der Waals surface area contributed by atoms with Crippen LogP contribution in [0.4, 0.5) is 10.5 Å². The second kappa shape index (κ2) is 10.2. The van der Waals surface area contributed by atoms with Crippen molar-refractivity contribution in [3.8, 4) is 0 Å². The molecule has 0 aromatic heterocycles. The van der Waals surface area contributed by atoms with Crippen LogP contribution < -0.4 is 10.6 Å². The highest BCUT2D eigenvalue weighted by Gasteiger charge is 2.40. The van der Waals surface area contributed by atoms with Gasteiger partial charge in [0.15, 0.2) is 0 Å². The number of β-amino-alcohol motifs (C(OH)–C–C–N with tert-alkyl or cyclic N) is 1. The van der Waals surface area contributed by atoms with Gasteiger partial charge in [0.1, 0.15) is 6.10 Å². The minimum absolute atomic E-state index is 0.00914. The van der Waals surface area contributed by atoms with E-state index >= 15 is 0 Å². The van der Waals surface area contributed by atoms with Gasteiger partial charge in [-0.25, -0.2) is 4.79 Å².